The average molecular weight is 192 g/mol. The first-order chi connectivity index (χ1) is 6.72. The molecule has 0 bridgehead atoms. The van der Waals surface area contributed by atoms with Crippen LogP contribution in [0.3, 0.4) is 0 Å². The molecule has 0 aliphatic rings. The molecule has 72 valence electrons. The van der Waals surface area contributed by atoms with Crippen LogP contribution in [0.15, 0.2) is 23.0 Å². The van der Waals surface area contributed by atoms with Crippen molar-refractivity contribution in [1.29, 1.82) is 0 Å². The number of aromatic nitrogens is 2. The van der Waals surface area contributed by atoms with Gasteiger partial charge < -0.3 is 14.7 Å². The Hall–Kier alpha value is -2.04. The largest absolute Gasteiger partial charge is 0.465 e. The number of carbonyl (C=O) groups excluding carboxylic acids is 1. The van der Waals surface area contributed by atoms with E-state index in [9.17, 15) is 9.59 Å². The third-order valence-electron chi connectivity index (χ3n) is 1.96. The summed E-state index contributed by atoms with van der Waals surface area (Å²) in [6, 6.07) is 4.98. The van der Waals surface area contributed by atoms with E-state index in [1.165, 1.54) is 7.11 Å². The third-order valence-corrected chi connectivity index (χ3v) is 1.96. The minimum atomic E-state index is -0.467. The fraction of sp³-hybridized carbons (Fsp3) is 0.111. The van der Waals surface area contributed by atoms with Crippen molar-refractivity contribution in [2.24, 2.45) is 0 Å². The molecule has 0 saturated carbocycles. The predicted octanol–water partition coefficient (Wildman–Crippen LogP) is 0.643. The molecule has 5 nitrogen and oxygen atoms in total. The number of esters is 1. The van der Waals surface area contributed by atoms with E-state index in [2.05, 4.69) is 14.7 Å². The molecule has 1 aromatic heterocycles. The van der Waals surface area contributed by atoms with Crippen LogP contribution < -0.4 is 5.69 Å². The van der Waals surface area contributed by atoms with Crippen molar-refractivity contribution in [3.05, 3.63) is 34.2 Å². The zero-order chi connectivity index (χ0) is 10.1. The van der Waals surface area contributed by atoms with Gasteiger partial charge in [-0.3, -0.25) is 0 Å². The lowest BCUT2D eigenvalue weighted by atomic mass is 10.2. The van der Waals surface area contributed by atoms with Gasteiger partial charge in [-0.25, -0.2) is 9.59 Å². The van der Waals surface area contributed by atoms with Crippen LogP contribution >= 0.6 is 0 Å². The first-order valence-electron chi connectivity index (χ1n) is 4.01. The van der Waals surface area contributed by atoms with Crippen LogP contribution in [0.5, 0.6) is 0 Å². The number of rotatable bonds is 1. The molecule has 0 aliphatic heterocycles. The van der Waals surface area contributed by atoms with E-state index in [0.717, 1.165) is 0 Å². The van der Waals surface area contributed by atoms with E-state index in [1.807, 2.05) is 0 Å². The van der Waals surface area contributed by atoms with Gasteiger partial charge in [0.1, 0.15) is 0 Å². The van der Waals surface area contributed by atoms with Gasteiger partial charge >= 0.3 is 11.7 Å². The highest BCUT2D eigenvalue weighted by Crippen LogP contribution is 2.13. The number of carbonyl (C=O) groups is 1. The van der Waals surface area contributed by atoms with Crippen molar-refractivity contribution in [3.8, 4) is 0 Å². The summed E-state index contributed by atoms with van der Waals surface area (Å²) in [6.07, 6.45) is 0. The van der Waals surface area contributed by atoms with Crippen molar-refractivity contribution in [2.45, 2.75) is 0 Å². The Morgan fingerprint density at radius 3 is 2.86 bits per heavy atom. The molecule has 0 atom stereocenters. The van der Waals surface area contributed by atoms with Gasteiger partial charge in [-0.05, 0) is 12.1 Å². The van der Waals surface area contributed by atoms with Crippen LogP contribution in [0.25, 0.3) is 11.0 Å². The second kappa shape index (κ2) is 3.02. The normalized spacial score (nSPS) is 10.4. The Morgan fingerprint density at radius 1 is 1.36 bits per heavy atom. The van der Waals surface area contributed by atoms with E-state index in [0.29, 0.717) is 16.6 Å². The number of hydrogen-bond acceptors (Lipinski definition) is 3. The molecule has 14 heavy (non-hydrogen) atoms. The number of aromatic amines is 2. The second-order valence-electron chi connectivity index (χ2n) is 2.80. The Bertz CT molecular complexity index is 538. The molecule has 0 unspecified atom stereocenters. The quantitative estimate of drug-likeness (QED) is 0.651. The number of fused-ring (bicyclic) bond motifs is 1. The van der Waals surface area contributed by atoms with E-state index >= 15 is 0 Å². The van der Waals surface area contributed by atoms with Gasteiger partial charge in [-0.15, -0.1) is 0 Å². The van der Waals surface area contributed by atoms with Crippen LogP contribution in [0.2, 0.25) is 0 Å². The molecular formula is C9H8N2O3. The zero-order valence-electron chi connectivity index (χ0n) is 7.46. The molecule has 0 saturated heterocycles. The zero-order valence-corrected chi connectivity index (χ0v) is 7.46. The van der Waals surface area contributed by atoms with Crippen molar-refractivity contribution in [1.82, 2.24) is 9.97 Å². The van der Waals surface area contributed by atoms with Gasteiger partial charge in [0.15, 0.2) is 0 Å². The van der Waals surface area contributed by atoms with Gasteiger partial charge in [0.25, 0.3) is 0 Å². The maximum Gasteiger partial charge on any atom is 0.340 e. The fourth-order valence-electron chi connectivity index (χ4n) is 1.34. The number of H-pyrrole nitrogens is 2. The van der Waals surface area contributed by atoms with Crippen LogP contribution in [0.1, 0.15) is 10.4 Å². The van der Waals surface area contributed by atoms with E-state index in [-0.39, 0.29) is 5.69 Å². The maximum absolute atomic E-state index is 11.3. The molecule has 1 aromatic carbocycles. The summed E-state index contributed by atoms with van der Waals surface area (Å²) < 4.78 is 4.58. The maximum atomic E-state index is 11.3. The molecule has 2 aromatic rings. The highest BCUT2D eigenvalue weighted by atomic mass is 16.5. The molecule has 0 radical (unpaired) electrons. The molecule has 1 heterocycles. The lowest BCUT2D eigenvalue weighted by molar-refractivity contribution is 0.0603. The summed E-state index contributed by atoms with van der Waals surface area (Å²) in [5.74, 6) is -0.467. The van der Waals surface area contributed by atoms with Gasteiger partial charge in [0.05, 0.1) is 23.7 Å². The van der Waals surface area contributed by atoms with Crippen molar-refractivity contribution >= 4 is 17.0 Å². The van der Waals surface area contributed by atoms with Gasteiger partial charge in [0, 0.05) is 0 Å². The molecule has 0 amide bonds. The molecule has 2 rings (SSSR count). The summed E-state index contributed by atoms with van der Waals surface area (Å²) >= 11 is 0. The number of para-hydroxylation sites is 1. The minimum Gasteiger partial charge on any atom is -0.465 e. The van der Waals surface area contributed by atoms with E-state index < -0.39 is 5.97 Å². The number of methoxy groups -OCH3 is 1. The summed E-state index contributed by atoms with van der Waals surface area (Å²) in [7, 11) is 1.30. The summed E-state index contributed by atoms with van der Waals surface area (Å²) in [6.45, 7) is 0. The van der Waals surface area contributed by atoms with Crippen LogP contribution in [-0.4, -0.2) is 23.0 Å². The Labute approximate surface area is 78.7 Å². The number of benzene rings is 1. The number of hydrogen-bond donors (Lipinski definition) is 2. The molecule has 5 heteroatoms. The lowest BCUT2D eigenvalue weighted by Gasteiger charge is -1.98. The Morgan fingerprint density at radius 2 is 2.14 bits per heavy atom. The number of nitrogens with one attached hydrogen (secondary N) is 2. The molecule has 0 aliphatic carbocycles. The van der Waals surface area contributed by atoms with E-state index in [1.54, 1.807) is 18.2 Å². The van der Waals surface area contributed by atoms with Gasteiger partial charge in [-0.1, -0.05) is 6.07 Å². The van der Waals surface area contributed by atoms with Crippen molar-refractivity contribution < 1.29 is 9.53 Å². The first kappa shape index (κ1) is 8.55. The van der Waals surface area contributed by atoms with Crippen LogP contribution in [0.4, 0.5) is 0 Å². The molecule has 0 fully saturated rings. The average Bonchev–Trinajstić information content (AvgIpc) is 2.56. The standard InChI is InChI=1S/C9H8N2O3/c1-14-8(12)5-3-2-4-6-7(5)11-9(13)10-6/h2-4H,1H3,(H2,10,11,13). The second-order valence-corrected chi connectivity index (χ2v) is 2.80. The smallest absolute Gasteiger partial charge is 0.340 e. The summed E-state index contributed by atoms with van der Waals surface area (Å²) in [5, 5.41) is 0. The number of imidazole rings is 1. The monoisotopic (exact) mass is 192 g/mol. The summed E-state index contributed by atoms with van der Waals surface area (Å²) in [5.41, 5.74) is 1.09. The third kappa shape index (κ3) is 1.19. The Kier molecular flexibility index (Phi) is 1.85. The Balaban J connectivity index is 2.76. The molecule has 2 N–H and O–H groups in total. The van der Waals surface area contributed by atoms with Gasteiger partial charge in [-0.2, -0.15) is 0 Å². The highest BCUT2D eigenvalue weighted by Gasteiger charge is 2.11. The van der Waals surface area contributed by atoms with Crippen molar-refractivity contribution in [2.75, 3.05) is 7.11 Å². The predicted molar refractivity (Wildman–Crippen MR) is 50.3 cm³/mol. The van der Waals surface area contributed by atoms with Crippen LogP contribution in [0, 0.1) is 0 Å². The molecular weight excluding hydrogens is 184 g/mol. The fourth-order valence-corrected chi connectivity index (χ4v) is 1.34. The summed E-state index contributed by atoms with van der Waals surface area (Å²) in [4.78, 5) is 27.4. The van der Waals surface area contributed by atoms with Crippen molar-refractivity contribution in [3.63, 3.8) is 0 Å². The lowest BCUT2D eigenvalue weighted by Crippen LogP contribution is -2.03. The van der Waals surface area contributed by atoms with Crippen LogP contribution in [-0.2, 0) is 4.74 Å². The molecule has 0 spiro atoms. The van der Waals surface area contributed by atoms with Gasteiger partial charge in [0.2, 0.25) is 0 Å². The first-order valence-corrected chi connectivity index (χ1v) is 4.01. The number of ether oxygens (including phenoxy) is 1. The van der Waals surface area contributed by atoms with E-state index in [4.69, 9.17) is 0 Å². The SMILES string of the molecule is COC(=O)c1cccc2[nH]c(=O)[nH]c12. The highest BCUT2D eigenvalue weighted by molar-refractivity contribution is 6.01. The minimum absolute atomic E-state index is 0.337. The topological polar surface area (TPSA) is 75.0 Å².